The van der Waals surface area contributed by atoms with Gasteiger partial charge in [0, 0.05) is 5.92 Å². The van der Waals surface area contributed by atoms with Gasteiger partial charge in [0.1, 0.15) is 18.1 Å². The first kappa shape index (κ1) is 17.2. The predicted octanol–water partition coefficient (Wildman–Crippen LogP) is 4.19. The molecule has 0 amide bonds. The van der Waals surface area contributed by atoms with Crippen LogP contribution >= 0.6 is 0 Å². The van der Waals surface area contributed by atoms with Crippen LogP contribution < -0.4 is 9.47 Å². The lowest BCUT2D eigenvalue weighted by atomic mass is 9.73. The molecule has 1 heterocycles. The molecule has 2 atom stereocenters. The van der Waals surface area contributed by atoms with E-state index in [0.717, 1.165) is 0 Å². The molecular formula is C21H22O4. The number of ketones is 2. The topological polar surface area (TPSA) is 52.6 Å². The van der Waals surface area contributed by atoms with Crippen LogP contribution in [-0.2, 0) is 0 Å². The Labute approximate surface area is 147 Å². The molecule has 2 unspecified atom stereocenters. The van der Waals surface area contributed by atoms with Gasteiger partial charge in [0.05, 0.1) is 23.7 Å². The Morgan fingerprint density at radius 2 is 1.88 bits per heavy atom. The number of fused-ring (bicyclic) bond motifs is 1. The van der Waals surface area contributed by atoms with E-state index in [4.69, 9.17) is 9.47 Å². The number of methoxy groups -OCH3 is 1. The third-order valence-electron chi connectivity index (χ3n) is 4.80. The third-order valence-corrected chi connectivity index (χ3v) is 4.80. The van der Waals surface area contributed by atoms with Crippen LogP contribution in [0.3, 0.4) is 0 Å². The van der Waals surface area contributed by atoms with Crippen LogP contribution in [-0.4, -0.2) is 25.3 Å². The van der Waals surface area contributed by atoms with E-state index in [9.17, 15) is 9.59 Å². The van der Waals surface area contributed by atoms with E-state index in [0.29, 0.717) is 29.0 Å². The van der Waals surface area contributed by atoms with E-state index in [2.05, 4.69) is 0 Å². The lowest BCUT2D eigenvalue weighted by Crippen LogP contribution is -2.40. The minimum absolute atomic E-state index is 0.0228. The fourth-order valence-corrected chi connectivity index (χ4v) is 3.44. The van der Waals surface area contributed by atoms with Gasteiger partial charge < -0.3 is 9.47 Å². The molecule has 0 N–H and O–H groups in total. The van der Waals surface area contributed by atoms with Crippen LogP contribution in [0.15, 0.2) is 48.5 Å². The summed E-state index contributed by atoms with van der Waals surface area (Å²) in [6.45, 7) is 4.01. The standard InChI is InChI=1S/C21H22O4/c1-14(19(22)15-8-4-6-10-17(15)24-3)12-21(2)13-25-18-11-7-5-9-16(18)20(21)23/h4-11,14H,12-13H2,1-3H3. The van der Waals surface area contributed by atoms with Gasteiger partial charge in [-0.1, -0.05) is 31.2 Å². The summed E-state index contributed by atoms with van der Waals surface area (Å²) in [7, 11) is 1.55. The molecule has 4 heteroatoms. The second kappa shape index (κ2) is 6.71. The van der Waals surface area contributed by atoms with E-state index < -0.39 is 5.41 Å². The number of hydrogen-bond acceptors (Lipinski definition) is 4. The van der Waals surface area contributed by atoms with Crippen LogP contribution in [0.4, 0.5) is 0 Å². The fourth-order valence-electron chi connectivity index (χ4n) is 3.44. The third kappa shape index (κ3) is 3.16. The van der Waals surface area contributed by atoms with Crippen molar-refractivity contribution < 1.29 is 19.1 Å². The summed E-state index contributed by atoms with van der Waals surface area (Å²) >= 11 is 0. The molecule has 0 fully saturated rings. The molecule has 3 rings (SSSR count). The van der Waals surface area contributed by atoms with E-state index in [1.807, 2.05) is 38.1 Å². The van der Waals surface area contributed by atoms with Gasteiger partial charge in [0.2, 0.25) is 0 Å². The van der Waals surface area contributed by atoms with Gasteiger partial charge in [-0.2, -0.15) is 0 Å². The van der Waals surface area contributed by atoms with Gasteiger partial charge in [-0.05, 0) is 37.6 Å². The lowest BCUT2D eigenvalue weighted by molar-refractivity contribution is 0.0571. The average molecular weight is 338 g/mol. The number of ether oxygens (including phenoxy) is 2. The number of carbonyl (C=O) groups excluding carboxylic acids is 2. The normalized spacial score (nSPS) is 20.4. The SMILES string of the molecule is COc1ccccc1C(=O)C(C)CC1(C)COc2ccccc2C1=O. The number of Topliss-reactive ketones (excluding diaryl/α,β-unsaturated/α-hetero) is 2. The molecule has 130 valence electrons. The highest BCUT2D eigenvalue weighted by Gasteiger charge is 2.42. The zero-order valence-electron chi connectivity index (χ0n) is 14.7. The van der Waals surface area contributed by atoms with Gasteiger partial charge in [-0.3, -0.25) is 9.59 Å². The molecule has 0 bridgehead atoms. The molecule has 0 aliphatic carbocycles. The molecule has 0 saturated heterocycles. The maximum atomic E-state index is 12.9. The lowest BCUT2D eigenvalue weighted by Gasteiger charge is -2.34. The van der Waals surface area contributed by atoms with Gasteiger partial charge >= 0.3 is 0 Å². The molecule has 0 aromatic heterocycles. The van der Waals surface area contributed by atoms with Gasteiger partial charge in [-0.15, -0.1) is 0 Å². The maximum absolute atomic E-state index is 12.9. The quantitative estimate of drug-likeness (QED) is 0.767. The highest BCUT2D eigenvalue weighted by Crippen LogP contribution is 2.39. The van der Waals surface area contributed by atoms with Gasteiger partial charge in [-0.25, -0.2) is 0 Å². The largest absolute Gasteiger partial charge is 0.496 e. The first-order chi connectivity index (χ1) is 12.0. The van der Waals surface area contributed by atoms with Crippen LogP contribution in [0, 0.1) is 11.3 Å². The highest BCUT2D eigenvalue weighted by atomic mass is 16.5. The number of rotatable bonds is 5. The second-order valence-corrected chi connectivity index (χ2v) is 6.84. The molecule has 4 nitrogen and oxygen atoms in total. The Morgan fingerprint density at radius 1 is 1.20 bits per heavy atom. The van der Waals surface area contributed by atoms with Crippen molar-refractivity contribution in [3.8, 4) is 11.5 Å². The Bertz CT molecular complexity index is 811. The van der Waals surface area contributed by atoms with Crippen molar-refractivity contribution in [2.45, 2.75) is 20.3 Å². The zero-order chi connectivity index (χ0) is 18.0. The summed E-state index contributed by atoms with van der Waals surface area (Å²) in [6.07, 6.45) is 0.428. The molecule has 1 aliphatic rings. The molecule has 1 aliphatic heterocycles. The van der Waals surface area contributed by atoms with Crippen molar-refractivity contribution in [1.29, 1.82) is 0 Å². The summed E-state index contributed by atoms with van der Waals surface area (Å²) in [5, 5.41) is 0. The van der Waals surface area contributed by atoms with Crippen LogP contribution in [0.25, 0.3) is 0 Å². The Hall–Kier alpha value is -2.62. The minimum Gasteiger partial charge on any atom is -0.496 e. The molecule has 0 spiro atoms. The molecule has 0 radical (unpaired) electrons. The van der Waals surface area contributed by atoms with Crippen LogP contribution in [0.2, 0.25) is 0 Å². The van der Waals surface area contributed by atoms with Crippen LogP contribution in [0.5, 0.6) is 11.5 Å². The smallest absolute Gasteiger partial charge is 0.175 e. The van der Waals surface area contributed by atoms with Gasteiger partial charge in [0.15, 0.2) is 11.6 Å². The van der Waals surface area contributed by atoms with Crippen LogP contribution in [0.1, 0.15) is 41.0 Å². The molecule has 0 saturated carbocycles. The van der Waals surface area contributed by atoms with E-state index in [1.165, 1.54) is 0 Å². The van der Waals surface area contributed by atoms with Crippen molar-refractivity contribution in [3.63, 3.8) is 0 Å². The predicted molar refractivity (Wildman–Crippen MR) is 95.5 cm³/mol. The van der Waals surface area contributed by atoms with Crippen molar-refractivity contribution in [2.24, 2.45) is 11.3 Å². The fraction of sp³-hybridized carbons (Fsp3) is 0.333. The minimum atomic E-state index is -0.717. The summed E-state index contributed by atoms with van der Waals surface area (Å²) in [5.41, 5.74) is 0.421. The number of hydrogen-bond donors (Lipinski definition) is 0. The number of benzene rings is 2. The van der Waals surface area contributed by atoms with E-state index >= 15 is 0 Å². The summed E-state index contributed by atoms with van der Waals surface area (Å²) in [5.74, 6) is 0.869. The molecule has 2 aromatic carbocycles. The Balaban J connectivity index is 1.82. The zero-order valence-corrected chi connectivity index (χ0v) is 14.7. The summed E-state index contributed by atoms with van der Waals surface area (Å²) < 4.78 is 11.1. The van der Waals surface area contributed by atoms with Gasteiger partial charge in [0.25, 0.3) is 0 Å². The highest BCUT2D eigenvalue weighted by molar-refractivity contribution is 6.05. The Kier molecular flexibility index (Phi) is 4.62. The molecular weight excluding hydrogens is 316 g/mol. The average Bonchev–Trinajstić information content (AvgIpc) is 2.64. The van der Waals surface area contributed by atoms with Crippen molar-refractivity contribution in [1.82, 2.24) is 0 Å². The van der Waals surface area contributed by atoms with E-state index in [1.54, 1.807) is 31.4 Å². The van der Waals surface area contributed by atoms with Crippen molar-refractivity contribution >= 4 is 11.6 Å². The monoisotopic (exact) mass is 338 g/mol. The number of carbonyl (C=O) groups is 2. The first-order valence-corrected chi connectivity index (χ1v) is 8.40. The molecule has 25 heavy (non-hydrogen) atoms. The summed E-state index contributed by atoms with van der Waals surface area (Å²) in [6, 6.07) is 14.4. The second-order valence-electron chi connectivity index (χ2n) is 6.84. The summed E-state index contributed by atoms with van der Waals surface area (Å²) in [4.78, 5) is 25.8. The van der Waals surface area contributed by atoms with Crippen molar-refractivity contribution in [3.05, 3.63) is 59.7 Å². The maximum Gasteiger partial charge on any atom is 0.175 e. The number of para-hydroxylation sites is 2. The first-order valence-electron chi connectivity index (χ1n) is 8.40. The Morgan fingerprint density at radius 3 is 2.64 bits per heavy atom. The van der Waals surface area contributed by atoms with E-state index in [-0.39, 0.29) is 24.1 Å². The molecule has 2 aromatic rings. The van der Waals surface area contributed by atoms with Crippen molar-refractivity contribution in [2.75, 3.05) is 13.7 Å².